The van der Waals surface area contributed by atoms with Crippen LogP contribution in [0.5, 0.6) is 5.75 Å². The molecule has 0 spiro atoms. The molecule has 5 nitrogen and oxygen atoms in total. The van der Waals surface area contributed by atoms with E-state index in [1.165, 1.54) is 11.1 Å². The molecule has 2 atom stereocenters. The summed E-state index contributed by atoms with van der Waals surface area (Å²) in [6.07, 6.45) is 3.16. The zero-order valence-electron chi connectivity index (χ0n) is 12.2. The Morgan fingerprint density at radius 1 is 1.38 bits per heavy atom. The Hall–Kier alpha value is -1.59. The Morgan fingerprint density at radius 2 is 2.14 bits per heavy atom. The highest BCUT2D eigenvalue weighted by molar-refractivity contribution is 5.97. The molecule has 1 aromatic carbocycles. The van der Waals surface area contributed by atoms with Gasteiger partial charge in [-0.2, -0.15) is 0 Å². The van der Waals surface area contributed by atoms with Crippen LogP contribution in [0, 0.1) is 0 Å². The molecule has 1 heterocycles. The Balaban J connectivity index is 1.80. The van der Waals surface area contributed by atoms with Gasteiger partial charge < -0.3 is 19.9 Å². The summed E-state index contributed by atoms with van der Waals surface area (Å²) in [5, 5.41) is 12.8. The topological polar surface area (TPSA) is 67.8 Å². The van der Waals surface area contributed by atoms with Gasteiger partial charge in [-0.15, -0.1) is 0 Å². The first-order chi connectivity index (χ1) is 10.2. The molecule has 0 saturated carbocycles. The van der Waals surface area contributed by atoms with E-state index in [0.29, 0.717) is 24.3 Å². The number of methoxy groups -OCH3 is 1. The van der Waals surface area contributed by atoms with E-state index in [0.717, 1.165) is 19.3 Å². The molecule has 1 aromatic rings. The maximum Gasteiger partial charge on any atom is 0.255 e. The number of nitrogens with one attached hydrogen (secondary N) is 1. The first-order valence-electron chi connectivity index (χ1n) is 7.45. The predicted octanol–water partition coefficient (Wildman–Crippen LogP) is 1.06. The fourth-order valence-corrected chi connectivity index (χ4v) is 3.09. The van der Waals surface area contributed by atoms with Crippen LogP contribution in [0.3, 0.4) is 0 Å². The number of carbonyl (C=O) groups excluding carboxylic acids is 1. The number of hydrogen-bond acceptors (Lipinski definition) is 4. The summed E-state index contributed by atoms with van der Waals surface area (Å²) in [5.41, 5.74) is 3.06. The SMILES string of the molecule is COc1cc2c(cc1C(=O)N[C@@H]1CCOC[C@H]1O)CCC2. The molecule has 1 amide bonds. The van der Waals surface area contributed by atoms with E-state index >= 15 is 0 Å². The second-order valence-electron chi connectivity index (χ2n) is 5.69. The van der Waals surface area contributed by atoms with Crippen LogP contribution < -0.4 is 10.1 Å². The van der Waals surface area contributed by atoms with Crippen LogP contribution in [0.25, 0.3) is 0 Å². The van der Waals surface area contributed by atoms with Crippen LogP contribution in [-0.2, 0) is 17.6 Å². The molecule has 2 N–H and O–H groups in total. The lowest BCUT2D eigenvalue weighted by Crippen LogP contribution is -2.48. The monoisotopic (exact) mass is 291 g/mol. The molecule has 0 bridgehead atoms. The van der Waals surface area contributed by atoms with Crippen molar-refractivity contribution in [2.45, 2.75) is 37.8 Å². The summed E-state index contributed by atoms with van der Waals surface area (Å²) in [5.74, 6) is 0.419. The Labute approximate surface area is 124 Å². The maximum atomic E-state index is 12.5. The lowest BCUT2D eigenvalue weighted by molar-refractivity contribution is -0.0261. The van der Waals surface area contributed by atoms with E-state index < -0.39 is 6.10 Å². The van der Waals surface area contributed by atoms with Crippen molar-refractivity contribution in [1.82, 2.24) is 5.32 Å². The molecule has 1 fully saturated rings. The Morgan fingerprint density at radius 3 is 2.86 bits per heavy atom. The van der Waals surface area contributed by atoms with Gasteiger partial charge in [0.2, 0.25) is 0 Å². The number of fused-ring (bicyclic) bond motifs is 1. The highest BCUT2D eigenvalue weighted by atomic mass is 16.5. The van der Waals surface area contributed by atoms with Gasteiger partial charge in [-0.05, 0) is 48.9 Å². The van der Waals surface area contributed by atoms with E-state index in [4.69, 9.17) is 9.47 Å². The molecule has 21 heavy (non-hydrogen) atoms. The van der Waals surface area contributed by atoms with E-state index in [1.54, 1.807) is 7.11 Å². The number of rotatable bonds is 3. The number of carbonyl (C=O) groups is 1. The number of ether oxygens (including phenoxy) is 2. The van der Waals surface area contributed by atoms with Crippen molar-refractivity contribution in [2.24, 2.45) is 0 Å². The third-order valence-corrected chi connectivity index (χ3v) is 4.30. The van der Waals surface area contributed by atoms with Gasteiger partial charge in [0.25, 0.3) is 5.91 Å². The summed E-state index contributed by atoms with van der Waals surface area (Å²) in [6, 6.07) is 3.64. The second kappa shape index (κ2) is 6.03. The lowest BCUT2D eigenvalue weighted by Gasteiger charge is -2.28. The standard InChI is InChI=1S/C16H21NO4/c1-20-15-8-11-4-2-3-10(11)7-12(15)16(19)17-13-5-6-21-9-14(13)18/h7-8,13-14,18H,2-6,9H2,1H3,(H,17,19)/t13-,14-/m1/s1. The van der Waals surface area contributed by atoms with Crippen LogP contribution in [-0.4, -0.2) is 43.5 Å². The maximum absolute atomic E-state index is 12.5. The molecule has 114 valence electrons. The van der Waals surface area contributed by atoms with Crippen molar-refractivity contribution in [3.05, 3.63) is 28.8 Å². The fourth-order valence-electron chi connectivity index (χ4n) is 3.09. The van der Waals surface area contributed by atoms with Gasteiger partial charge >= 0.3 is 0 Å². The van der Waals surface area contributed by atoms with Gasteiger partial charge in [-0.3, -0.25) is 4.79 Å². The highest BCUT2D eigenvalue weighted by Gasteiger charge is 2.27. The first kappa shape index (κ1) is 14.4. The van der Waals surface area contributed by atoms with Crippen LogP contribution in [0.15, 0.2) is 12.1 Å². The molecule has 0 unspecified atom stereocenters. The van der Waals surface area contributed by atoms with Gasteiger partial charge in [0, 0.05) is 6.61 Å². The zero-order chi connectivity index (χ0) is 14.8. The van der Waals surface area contributed by atoms with E-state index in [9.17, 15) is 9.90 Å². The zero-order valence-corrected chi connectivity index (χ0v) is 12.2. The highest BCUT2D eigenvalue weighted by Crippen LogP contribution is 2.30. The van der Waals surface area contributed by atoms with Crippen LogP contribution in [0.1, 0.15) is 34.3 Å². The Bertz CT molecular complexity index is 543. The van der Waals surface area contributed by atoms with Gasteiger partial charge in [0.15, 0.2) is 0 Å². The first-order valence-corrected chi connectivity index (χ1v) is 7.45. The quantitative estimate of drug-likeness (QED) is 0.874. The van der Waals surface area contributed by atoms with Gasteiger partial charge in [0.1, 0.15) is 5.75 Å². The summed E-state index contributed by atoms with van der Waals surface area (Å²) >= 11 is 0. The molecule has 1 saturated heterocycles. The molecule has 1 aliphatic heterocycles. The minimum absolute atomic E-state index is 0.188. The third-order valence-electron chi connectivity index (χ3n) is 4.30. The van der Waals surface area contributed by atoms with Crippen molar-refractivity contribution in [3.8, 4) is 5.75 Å². The number of amides is 1. The fraction of sp³-hybridized carbons (Fsp3) is 0.562. The van der Waals surface area contributed by atoms with Gasteiger partial charge in [-0.1, -0.05) is 0 Å². The predicted molar refractivity (Wildman–Crippen MR) is 77.7 cm³/mol. The van der Waals surface area contributed by atoms with Crippen molar-refractivity contribution in [2.75, 3.05) is 20.3 Å². The second-order valence-corrected chi connectivity index (χ2v) is 5.69. The molecule has 0 radical (unpaired) electrons. The van der Waals surface area contributed by atoms with E-state index in [-0.39, 0.29) is 18.6 Å². The van der Waals surface area contributed by atoms with Gasteiger partial charge in [0.05, 0.1) is 31.4 Å². The molecule has 1 aliphatic carbocycles. The number of aliphatic hydroxyl groups excluding tert-OH is 1. The van der Waals surface area contributed by atoms with Crippen molar-refractivity contribution in [3.63, 3.8) is 0 Å². The number of aliphatic hydroxyl groups is 1. The lowest BCUT2D eigenvalue weighted by atomic mass is 10.0. The molecular formula is C16H21NO4. The molecular weight excluding hydrogens is 270 g/mol. The van der Waals surface area contributed by atoms with Gasteiger partial charge in [-0.25, -0.2) is 0 Å². The minimum Gasteiger partial charge on any atom is -0.496 e. The molecule has 2 aliphatic rings. The van der Waals surface area contributed by atoms with Crippen molar-refractivity contribution < 1.29 is 19.4 Å². The number of benzene rings is 1. The summed E-state index contributed by atoms with van der Waals surface area (Å²) in [7, 11) is 1.58. The minimum atomic E-state index is -0.650. The number of aryl methyl sites for hydroxylation is 2. The molecule has 0 aromatic heterocycles. The van der Waals surface area contributed by atoms with E-state index in [1.807, 2.05) is 12.1 Å². The summed E-state index contributed by atoms with van der Waals surface area (Å²) in [6.45, 7) is 0.829. The van der Waals surface area contributed by atoms with Crippen molar-refractivity contribution in [1.29, 1.82) is 0 Å². The van der Waals surface area contributed by atoms with Crippen LogP contribution in [0.4, 0.5) is 0 Å². The van der Waals surface area contributed by atoms with E-state index in [2.05, 4.69) is 5.32 Å². The van der Waals surface area contributed by atoms with Crippen LogP contribution in [0.2, 0.25) is 0 Å². The number of hydrogen-bond donors (Lipinski definition) is 2. The third kappa shape index (κ3) is 2.89. The normalized spacial score (nSPS) is 24.5. The smallest absolute Gasteiger partial charge is 0.255 e. The van der Waals surface area contributed by atoms with Crippen LogP contribution >= 0.6 is 0 Å². The largest absolute Gasteiger partial charge is 0.496 e. The average molecular weight is 291 g/mol. The molecule has 5 heteroatoms. The summed E-state index contributed by atoms with van der Waals surface area (Å²) in [4.78, 5) is 12.5. The van der Waals surface area contributed by atoms with Crippen molar-refractivity contribution >= 4 is 5.91 Å². The Kier molecular flexibility index (Phi) is 4.12. The molecule has 3 rings (SSSR count). The summed E-state index contributed by atoms with van der Waals surface area (Å²) < 4.78 is 10.5. The average Bonchev–Trinajstić information content (AvgIpc) is 2.95.